The smallest absolute Gasteiger partial charge is 0.343 e. The Morgan fingerprint density at radius 2 is 1.42 bits per heavy atom. The van der Waals surface area contributed by atoms with Crippen LogP contribution in [0.15, 0.2) is 78.9 Å². The van der Waals surface area contributed by atoms with E-state index in [2.05, 4.69) is 6.92 Å². The van der Waals surface area contributed by atoms with E-state index in [0.29, 0.717) is 23.1 Å². The van der Waals surface area contributed by atoms with Gasteiger partial charge in [0.2, 0.25) is 5.82 Å². The highest BCUT2D eigenvalue weighted by molar-refractivity contribution is 5.91. The van der Waals surface area contributed by atoms with Gasteiger partial charge in [-0.3, -0.25) is 0 Å². The maximum absolute atomic E-state index is 14.8. The summed E-state index contributed by atoms with van der Waals surface area (Å²) in [5.74, 6) is -3.87. The van der Waals surface area contributed by atoms with Crippen molar-refractivity contribution < 1.29 is 22.7 Å². The Morgan fingerprint density at radius 1 is 0.750 bits per heavy atom. The highest BCUT2D eigenvalue weighted by atomic mass is 19.2. The molecule has 0 atom stereocenters. The van der Waals surface area contributed by atoms with E-state index in [0.717, 1.165) is 30.4 Å². The number of benzene rings is 4. The van der Waals surface area contributed by atoms with E-state index < -0.39 is 23.4 Å². The maximum Gasteiger partial charge on any atom is 0.343 e. The van der Waals surface area contributed by atoms with Crippen molar-refractivity contribution in [1.29, 1.82) is 0 Å². The van der Waals surface area contributed by atoms with Crippen molar-refractivity contribution in [2.75, 3.05) is 0 Å². The van der Waals surface area contributed by atoms with E-state index >= 15 is 0 Å². The molecular formula is C31H27F3O2. The molecule has 0 amide bonds. The van der Waals surface area contributed by atoms with Crippen LogP contribution in [0.5, 0.6) is 5.75 Å². The zero-order valence-electron chi connectivity index (χ0n) is 20.3. The first kappa shape index (κ1) is 25.2. The number of esters is 1. The molecule has 0 heterocycles. The van der Waals surface area contributed by atoms with E-state index in [9.17, 15) is 18.0 Å². The number of hydrogen-bond donors (Lipinski definition) is 0. The molecule has 0 saturated carbocycles. The summed E-state index contributed by atoms with van der Waals surface area (Å²) in [7, 11) is 0. The van der Waals surface area contributed by atoms with Gasteiger partial charge in [0, 0.05) is 5.56 Å². The molecule has 0 N–H and O–H groups in total. The van der Waals surface area contributed by atoms with E-state index in [4.69, 9.17) is 4.74 Å². The van der Waals surface area contributed by atoms with Crippen LogP contribution in [0, 0.1) is 17.5 Å². The van der Waals surface area contributed by atoms with Gasteiger partial charge in [-0.05, 0) is 77.4 Å². The molecule has 0 fully saturated rings. The van der Waals surface area contributed by atoms with Gasteiger partial charge in [0.15, 0.2) is 11.6 Å². The van der Waals surface area contributed by atoms with Gasteiger partial charge >= 0.3 is 5.97 Å². The molecule has 0 saturated heterocycles. The largest absolute Gasteiger partial charge is 0.420 e. The molecule has 4 aromatic carbocycles. The lowest BCUT2D eigenvalue weighted by atomic mass is 10.00. The lowest BCUT2D eigenvalue weighted by Gasteiger charge is -2.10. The van der Waals surface area contributed by atoms with E-state index in [1.54, 1.807) is 30.3 Å². The van der Waals surface area contributed by atoms with Gasteiger partial charge < -0.3 is 4.74 Å². The number of aryl methyl sites for hydroxylation is 2. The fourth-order valence-corrected chi connectivity index (χ4v) is 4.01. The highest BCUT2D eigenvalue weighted by Crippen LogP contribution is 2.31. The number of carbonyl (C=O) groups is 1. The normalized spacial score (nSPS) is 10.9. The second-order valence-corrected chi connectivity index (χ2v) is 8.67. The summed E-state index contributed by atoms with van der Waals surface area (Å²) in [5, 5.41) is 0. The molecular weight excluding hydrogens is 461 g/mol. The first-order valence-corrected chi connectivity index (χ1v) is 12.1. The molecule has 0 aliphatic carbocycles. The SMILES string of the molecule is CCCCc1ccc(-c2ccc(C(=O)Oc3ccc(-c4ccc(CC)cc4)c(F)c3F)cc2)cc1F. The molecule has 5 heteroatoms. The minimum absolute atomic E-state index is 0.0900. The number of hydrogen-bond acceptors (Lipinski definition) is 2. The Balaban J connectivity index is 1.48. The van der Waals surface area contributed by atoms with Gasteiger partial charge in [0.05, 0.1) is 5.56 Å². The lowest BCUT2D eigenvalue weighted by Crippen LogP contribution is -2.10. The number of rotatable bonds is 8. The molecule has 4 aromatic rings. The van der Waals surface area contributed by atoms with Crippen LogP contribution >= 0.6 is 0 Å². The van der Waals surface area contributed by atoms with Crippen LogP contribution in [0.1, 0.15) is 48.2 Å². The molecule has 0 spiro atoms. The third kappa shape index (κ3) is 5.51. The Morgan fingerprint density at radius 3 is 2.06 bits per heavy atom. The van der Waals surface area contributed by atoms with Crippen molar-refractivity contribution in [3.05, 3.63) is 113 Å². The lowest BCUT2D eigenvalue weighted by molar-refractivity contribution is 0.0727. The monoisotopic (exact) mass is 488 g/mol. The zero-order chi connectivity index (χ0) is 25.7. The summed E-state index contributed by atoms with van der Waals surface area (Å²) in [6.07, 6.45) is 3.45. The van der Waals surface area contributed by atoms with E-state index in [-0.39, 0.29) is 16.9 Å². The Bertz CT molecular complexity index is 1360. The molecule has 2 nitrogen and oxygen atoms in total. The topological polar surface area (TPSA) is 26.3 Å². The predicted molar refractivity (Wildman–Crippen MR) is 137 cm³/mol. The van der Waals surface area contributed by atoms with Crippen molar-refractivity contribution in [2.45, 2.75) is 39.5 Å². The second-order valence-electron chi connectivity index (χ2n) is 8.67. The average molecular weight is 489 g/mol. The number of carbonyl (C=O) groups excluding carboxylic acids is 1. The Labute approximate surface area is 209 Å². The Hall–Kier alpha value is -3.86. The van der Waals surface area contributed by atoms with Crippen LogP contribution in [0.3, 0.4) is 0 Å². The molecule has 0 aliphatic rings. The van der Waals surface area contributed by atoms with Crippen LogP contribution in [0.2, 0.25) is 0 Å². The fourth-order valence-electron chi connectivity index (χ4n) is 4.01. The van der Waals surface area contributed by atoms with Gasteiger partial charge in [-0.15, -0.1) is 0 Å². The Kier molecular flexibility index (Phi) is 7.89. The van der Waals surface area contributed by atoms with Crippen LogP contribution in [0.25, 0.3) is 22.3 Å². The van der Waals surface area contributed by atoms with Gasteiger partial charge in [-0.2, -0.15) is 4.39 Å². The average Bonchev–Trinajstić information content (AvgIpc) is 2.91. The second kappa shape index (κ2) is 11.3. The van der Waals surface area contributed by atoms with Crippen LogP contribution in [-0.4, -0.2) is 5.97 Å². The molecule has 0 aromatic heterocycles. The summed E-state index contributed by atoms with van der Waals surface area (Å²) < 4.78 is 49.0. The molecule has 0 unspecified atom stereocenters. The highest BCUT2D eigenvalue weighted by Gasteiger charge is 2.19. The van der Waals surface area contributed by atoms with Gasteiger partial charge in [-0.25, -0.2) is 13.6 Å². The summed E-state index contributed by atoms with van der Waals surface area (Å²) in [6.45, 7) is 4.07. The standard InChI is InChI=1S/C31H27F3O2/c1-3-5-6-23-13-16-25(19-27(23)32)21-11-14-24(15-12-21)31(35)36-28-18-17-26(29(33)30(28)34)22-9-7-20(4-2)8-10-22/h7-19H,3-6H2,1-2H3. The molecule has 184 valence electrons. The maximum atomic E-state index is 14.8. The minimum Gasteiger partial charge on any atom is -0.420 e. The molecule has 0 radical (unpaired) electrons. The van der Waals surface area contributed by atoms with E-state index in [1.165, 1.54) is 30.3 Å². The summed E-state index contributed by atoms with van der Waals surface area (Å²) in [6, 6.07) is 21.3. The quantitative estimate of drug-likeness (QED) is 0.183. The van der Waals surface area contributed by atoms with Crippen molar-refractivity contribution >= 4 is 5.97 Å². The van der Waals surface area contributed by atoms with Gasteiger partial charge in [0.25, 0.3) is 0 Å². The number of unbranched alkanes of at least 4 members (excludes halogenated alkanes) is 1. The zero-order valence-corrected chi connectivity index (χ0v) is 20.3. The molecule has 36 heavy (non-hydrogen) atoms. The summed E-state index contributed by atoms with van der Waals surface area (Å²) in [5.41, 5.74) is 3.97. The van der Waals surface area contributed by atoms with Gasteiger partial charge in [0.1, 0.15) is 5.82 Å². The van der Waals surface area contributed by atoms with Crippen molar-refractivity contribution in [1.82, 2.24) is 0 Å². The number of halogens is 3. The van der Waals surface area contributed by atoms with Gasteiger partial charge in [-0.1, -0.05) is 68.8 Å². The third-order valence-corrected chi connectivity index (χ3v) is 6.23. The van der Waals surface area contributed by atoms with E-state index in [1.807, 2.05) is 25.1 Å². The first-order chi connectivity index (χ1) is 17.4. The minimum atomic E-state index is -1.23. The molecule has 4 rings (SSSR count). The van der Waals surface area contributed by atoms with Crippen LogP contribution < -0.4 is 4.74 Å². The first-order valence-electron chi connectivity index (χ1n) is 12.1. The predicted octanol–water partition coefficient (Wildman–Crippen LogP) is 8.56. The van der Waals surface area contributed by atoms with Crippen molar-refractivity contribution in [3.63, 3.8) is 0 Å². The van der Waals surface area contributed by atoms with Crippen LogP contribution in [-0.2, 0) is 12.8 Å². The molecule has 0 bridgehead atoms. The fraction of sp³-hybridized carbons (Fsp3) is 0.194. The molecule has 0 aliphatic heterocycles. The summed E-state index contributed by atoms with van der Waals surface area (Å²) >= 11 is 0. The van der Waals surface area contributed by atoms with Crippen molar-refractivity contribution in [3.8, 4) is 28.0 Å². The van der Waals surface area contributed by atoms with Crippen LogP contribution in [0.4, 0.5) is 13.2 Å². The number of ether oxygens (including phenoxy) is 1. The summed E-state index contributed by atoms with van der Waals surface area (Å²) in [4.78, 5) is 12.6. The third-order valence-electron chi connectivity index (χ3n) is 6.23. The van der Waals surface area contributed by atoms with Crippen molar-refractivity contribution in [2.24, 2.45) is 0 Å².